The molecule has 0 bridgehead atoms. The van der Waals surface area contributed by atoms with Crippen LogP contribution in [0.1, 0.15) is 18.4 Å². The third-order valence-corrected chi connectivity index (χ3v) is 4.78. The summed E-state index contributed by atoms with van der Waals surface area (Å²) in [6, 6.07) is 3.87. The Labute approximate surface area is 118 Å². The van der Waals surface area contributed by atoms with Crippen molar-refractivity contribution in [1.82, 2.24) is 4.72 Å². The van der Waals surface area contributed by atoms with Crippen molar-refractivity contribution in [3.8, 4) is 0 Å². The zero-order valence-electron chi connectivity index (χ0n) is 11.1. The molecule has 0 saturated carbocycles. The normalized spacial score (nSPS) is 20.0. The fourth-order valence-corrected chi connectivity index (χ4v) is 3.40. The minimum absolute atomic E-state index is 0.138. The molecule has 1 aromatic rings. The first-order valence-electron chi connectivity index (χ1n) is 6.59. The van der Waals surface area contributed by atoms with E-state index in [0.29, 0.717) is 12.2 Å². The predicted molar refractivity (Wildman–Crippen MR) is 73.0 cm³/mol. The monoisotopic (exact) mass is 302 g/mol. The van der Waals surface area contributed by atoms with E-state index in [0.717, 1.165) is 25.5 Å². The van der Waals surface area contributed by atoms with Crippen LogP contribution in [0.2, 0.25) is 0 Å². The van der Waals surface area contributed by atoms with Crippen LogP contribution in [0.5, 0.6) is 0 Å². The molecule has 5 nitrogen and oxygen atoms in total. The molecule has 1 heterocycles. The highest BCUT2D eigenvalue weighted by atomic mass is 32.2. The molecule has 1 aliphatic heterocycles. The first-order valence-corrected chi connectivity index (χ1v) is 8.07. The maximum Gasteiger partial charge on any atom is 0.243 e. The largest absolute Gasteiger partial charge is 0.381 e. The van der Waals surface area contributed by atoms with Crippen LogP contribution in [0.3, 0.4) is 0 Å². The zero-order valence-corrected chi connectivity index (χ0v) is 12.0. The van der Waals surface area contributed by atoms with Crippen molar-refractivity contribution in [2.75, 3.05) is 19.8 Å². The summed E-state index contributed by atoms with van der Waals surface area (Å²) in [5.74, 6) is -0.631. The Balaban J connectivity index is 2.09. The molecule has 1 atom stereocenters. The van der Waals surface area contributed by atoms with Gasteiger partial charge in [0.15, 0.2) is 0 Å². The average Bonchev–Trinajstić information content (AvgIpc) is 2.47. The van der Waals surface area contributed by atoms with Gasteiger partial charge in [-0.1, -0.05) is 6.07 Å². The van der Waals surface area contributed by atoms with Crippen molar-refractivity contribution in [3.05, 3.63) is 29.6 Å². The number of sulfonamides is 1. The van der Waals surface area contributed by atoms with Gasteiger partial charge in [-0.2, -0.15) is 0 Å². The lowest BCUT2D eigenvalue weighted by molar-refractivity contribution is 0.0568. The lowest BCUT2D eigenvalue weighted by Crippen LogP contribution is -2.33. The summed E-state index contributed by atoms with van der Waals surface area (Å²) in [6.45, 7) is 1.68. The first kappa shape index (κ1) is 15.4. The van der Waals surface area contributed by atoms with E-state index in [1.807, 2.05) is 0 Å². The zero-order chi connectivity index (χ0) is 14.6. The summed E-state index contributed by atoms with van der Waals surface area (Å²) in [6.07, 6.45) is 1.83. The van der Waals surface area contributed by atoms with Gasteiger partial charge in [0, 0.05) is 19.7 Å². The minimum atomic E-state index is -3.86. The molecular formula is C13H19FN2O3S. The molecule has 3 N–H and O–H groups in total. The number of rotatable bonds is 5. The van der Waals surface area contributed by atoms with Crippen LogP contribution in [0.4, 0.5) is 4.39 Å². The van der Waals surface area contributed by atoms with Crippen LogP contribution < -0.4 is 10.5 Å². The molecule has 7 heteroatoms. The van der Waals surface area contributed by atoms with Gasteiger partial charge in [0.25, 0.3) is 0 Å². The third-order valence-electron chi connectivity index (χ3n) is 3.34. The van der Waals surface area contributed by atoms with Gasteiger partial charge in [-0.15, -0.1) is 0 Å². The van der Waals surface area contributed by atoms with Gasteiger partial charge in [-0.25, -0.2) is 17.5 Å². The van der Waals surface area contributed by atoms with Crippen LogP contribution in [0, 0.1) is 11.7 Å². The van der Waals surface area contributed by atoms with Gasteiger partial charge < -0.3 is 10.5 Å². The van der Waals surface area contributed by atoms with Crippen LogP contribution in [0.15, 0.2) is 23.1 Å². The highest BCUT2D eigenvalue weighted by Crippen LogP contribution is 2.18. The van der Waals surface area contributed by atoms with Gasteiger partial charge in [-0.3, -0.25) is 0 Å². The van der Waals surface area contributed by atoms with E-state index < -0.39 is 15.8 Å². The second kappa shape index (κ2) is 6.62. The summed E-state index contributed by atoms with van der Waals surface area (Å²) in [5.41, 5.74) is 6.03. The summed E-state index contributed by atoms with van der Waals surface area (Å²) in [4.78, 5) is -0.350. The Morgan fingerprint density at radius 1 is 1.45 bits per heavy atom. The Morgan fingerprint density at radius 3 is 2.90 bits per heavy atom. The standard InChI is InChI=1S/C13H19FN2O3S/c14-12-4-3-10(7-15)6-13(12)20(17,18)16-8-11-2-1-5-19-9-11/h3-4,6,11,16H,1-2,5,7-9,15H2. The highest BCUT2D eigenvalue weighted by molar-refractivity contribution is 7.89. The quantitative estimate of drug-likeness (QED) is 0.850. The number of ether oxygens (including phenoxy) is 1. The van der Waals surface area contributed by atoms with E-state index >= 15 is 0 Å². The Morgan fingerprint density at radius 2 is 2.25 bits per heavy atom. The third kappa shape index (κ3) is 3.76. The van der Waals surface area contributed by atoms with Crippen molar-refractivity contribution in [2.45, 2.75) is 24.3 Å². The number of benzene rings is 1. The fraction of sp³-hybridized carbons (Fsp3) is 0.538. The van der Waals surface area contributed by atoms with Crippen LogP contribution in [0.25, 0.3) is 0 Å². The Bertz CT molecular complexity index is 557. The van der Waals surface area contributed by atoms with Crippen molar-refractivity contribution >= 4 is 10.0 Å². The van der Waals surface area contributed by atoms with Crippen molar-refractivity contribution < 1.29 is 17.5 Å². The Hall–Kier alpha value is -1.02. The van der Waals surface area contributed by atoms with Crippen LogP contribution >= 0.6 is 0 Å². The van der Waals surface area contributed by atoms with Gasteiger partial charge in [0.2, 0.25) is 10.0 Å². The summed E-state index contributed by atoms with van der Waals surface area (Å²) in [7, 11) is -3.86. The molecule has 1 saturated heterocycles. The smallest absolute Gasteiger partial charge is 0.243 e. The summed E-state index contributed by atoms with van der Waals surface area (Å²) < 4.78 is 45.7. The summed E-state index contributed by atoms with van der Waals surface area (Å²) >= 11 is 0. The van der Waals surface area contributed by atoms with Crippen LogP contribution in [-0.2, 0) is 21.3 Å². The van der Waals surface area contributed by atoms with E-state index in [1.165, 1.54) is 12.1 Å². The van der Waals surface area contributed by atoms with Crippen LogP contribution in [-0.4, -0.2) is 28.2 Å². The van der Waals surface area contributed by atoms with Crippen molar-refractivity contribution in [3.63, 3.8) is 0 Å². The average molecular weight is 302 g/mol. The van der Waals surface area contributed by atoms with E-state index in [9.17, 15) is 12.8 Å². The topological polar surface area (TPSA) is 81.4 Å². The van der Waals surface area contributed by atoms with Gasteiger partial charge in [0.1, 0.15) is 10.7 Å². The lowest BCUT2D eigenvalue weighted by Gasteiger charge is -2.22. The molecule has 0 radical (unpaired) electrons. The molecule has 1 aliphatic rings. The van der Waals surface area contributed by atoms with Gasteiger partial charge in [-0.05, 0) is 36.5 Å². The highest BCUT2D eigenvalue weighted by Gasteiger charge is 2.22. The molecule has 2 rings (SSSR count). The number of halogens is 1. The molecule has 1 aromatic carbocycles. The second-order valence-electron chi connectivity index (χ2n) is 4.90. The predicted octanol–water partition coefficient (Wildman–Crippen LogP) is 0.989. The maximum atomic E-state index is 13.7. The molecule has 112 valence electrons. The minimum Gasteiger partial charge on any atom is -0.381 e. The molecule has 1 unspecified atom stereocenters. The fourth-order valence-electron chi connectivity index (χ4n) is 2.15. The van der Waals surface area contributed by atoms with E-state index in [4.69, 9.17) is 10.5 Å². The maximum absolute atomic E-state index is 13.7. The number of hydrogen-bond donors (Lipinski definition) is 2. The number of hydrogen-bond acceptors (Lipinski definition) is 4. The first-order chi connectivity index (χ1) is 9.53. The van der Waals surface area contributed by atoms with Crippen molar-refractivity contribution in [1.29, 1.82) is 0 Å². The van der Waals surface area contributed by atoms with E-state index in [2.05, 4.69) is 4.72 Å². The molecular weight excluding hydrogens is 283 g/mol. The molecule has 0 aliphatic carbocycles. The molecule has 1 fully saturated rings. The SMILES string of the molecule is NCc1ccc(F)c(S(=O)(=O)NCC2CCCOC2)c1. The van der Waals surface area contributed by atoms with Crippen molar-refractivity contribution in [2.24, 2.45) is 11.7 Å². The number of nitrogens with two attached hydrogens (primary N) is 1. The number of nitrogens with one attached hydrogen (secondary N) is 1. The van der Waals surface area contributed by atoms with E-state index in [-0.39, 0.29) is 23.9 Å². The lowest BCUT2D eigenvalue weighted by atomic mass is 10.0. The molecule has 0 amide bonds. The van der Waals surface area contributed by atoms with E-state index in [1.54, 1.807) is 0 Å². The Kier molecular flexibility index (Phi) is 5.09. The molecule has 20 heavy (non-hydrogen) atoms. The summed E-state index contributed by atoms with van der Waals surface area (Å²) in [5, 5.41) is 0. The molecule has 0 spiro atoms. The molecule has 0 aromatic heterocycles. The van der Waals surface area contributed by atoms with Gasteiger partial charge >= 0.3 is 0 Å². The second-order valence-corrected chi connectivity index (χ2v) is 6.64. The van der Waals surface area contributed by atoms with Gasteiger partial charge in [0.05, 0.1) is 6.61 Å².